The van der Waals surface area contributed by atoms with Crippen LogP contribution in [0, 0.1) is 11.8 Å². The Morgan fingerprint density at radius 2 is 2.11 bits per heavy atom. The smallest absolute Gasteiger partial charge is 0.306 e. The van der Waals surface area contributed by atoms with Crippen molar-refractivity contribution in [1.82, 2.24) is 10.6 Å². The van der Waals surface area contributed by atoms with Gasteiger partial charge in [0.05, 0.1) is 5.92 Å². The zero-order valence-electron chi connectivity index (χ0n) is 10.1. The molecule has 100 valence electrons. The van der Waals surface area contributed by atoms with Crippen LogP contribution < -0.4 is 10.6 Å². The summed E-state index contributed by atoms with van der Waals surface area (Å²) in [6.45, 7) is 0.391. The summed E-state index contributed by atoms with van der Waals surface area (Å²) in [6, 6.07) is -0.442. The highest BCUT2D eigenvalue weighted by molar-refractivity contribution is 5.90. The molecule has 2 fully saturated rings. The van der Waals surface area contributed by atoms with Crippen molar-refractivity contribution in [2.75, 3.05) is 6.54 Å². The predicted molar refractivity (Wildman–Crippen MR) is 62.6 cm³/mol. The number of carboxylic acid groups (broad SMARTS) is 1. The molecule has 0 bridgehead atoms. The first kappa shape index (κ1) is 12.9. The fourth-order valence-corrected chi connectivity index (χ4v) is 2.77. The molecule has 2 unspecified atom stereocenters. The van der Waals surface area contributed by atoms with Gasteiger partial charge in [-0.2, -0.15) is 0 Å². The molecule has 18 heavy (non-hydrogen) atoms. The fourth-order valence-electron chi connectivity index (χ4n) is 2.77. The van der Waals surface area contributed by atoms with E-state index in [1.54, 1.807) is 0 Å². The molecule has 1 aliphatic carbocycles. The van der Waals surface area contributed by atoms with Crippen LogP contribution >= 0.6 is 0 Å². The monoisotopic (exact) mass is 254 g/mol. The van der Waals surface area contributed by atoms with E-state index in [2.05, 4.69) is 10.6 Å². The van der Waals surface area contributed by atoms with Crippen LogP contribution in [0.3, 0.4) is 0 Å². The number of amides is 2. The molecule has 6 heteroatoms. The van der Waals surface area contributed by atoms with Crippen molar-refractivity contribution in [3.05, 3.63) is 0 Å². The first-order chi connectivity index (χ1) is 8.58. The zero-order chi connectivity index (χ0) is 13.1. The van der Waals surface area contributed by atoms with Crippen molar-refractivity contribution in [3.63, 3.8) is 0 Å². The lowest BCUT2D eigenvalue weighted by molar-refractivity contribution is -0.143. The minimum atomic E-state index is -0.777. The second kappa shape index (κ2) is 5.37. The van der Waals surface area contributed by atoms with E-state index in [1.165, 1.54) is 0 Å². The second-order valence-electron chi connectivity index (χ2n) is 5.04. The van der Waals surface area contributed by atoms with Crippen LogP contribution in [0.25, 0.3) is 0 Å². The minimum Gasteiger partial charge on any atom is -0.481 e. The van der Waals surface area contributed by atoms with E-state index in [0.717, 1.165) is 12.8 Å². The van der Waals surface area contributed by atoms with Gasteiger partial charge < -0.3 is 15.7 Å². The van der Waals surface area contributed by atoms with E-state index in [9.17, 15) is 14.4 Å². The molecule has 6 nitrogen and oxygen atoms in total. The van der Waals surface area contributed by atoms with Crippen molar-refractivity contribution in [2.45, 2.75) is 38.1 Å². The lowest BCUT2D eigenvalue weighted by Crippen LogP contribution is -2.44. The van der Waals surface area contributed by atoms with Crippen LogP contribution in [-0.4, -0.2) is 35.5 Å². The van der Waals surface area contributed by atoms with Crippen LogP contribution in [-0.2, 0) is 14.4 Å². The van der Waals surface area contributed by atoms with Crippen LogP contribution in [0.2, 0.25) is 0 Å². The summed E-state index contributed by atoms with van der Waals surface area (Å²) >= 11 is 0. The van der Waals surface area contributed by atoms with Gasteiger partial charge in [-0.1, -0.05) is 6.42 Å². The summed E-state index contributed by atoms with van der Waals surface area (Å²) in [5.74, 6) is -1.40. The van der Waals surface area contributed by atoms with Crippen LogP contribution in [0.4, 0.5) is 0 Å². The summed E-state index contributed by atoms with van der Waals surface area (Å²) in [5.41, 5.74) is 0. The Kier molecular flexibility index (Phi) is 3.84. The number of nitrogens with one attached hydrogen (secondary N) is 2. The number of carbonyl (C=O) groups excluding carboxylic acids is 2. The topological polar surface area (TPSA) is 95.5 Å². The van der Waals surface area contributed by atoms with Gasteiger partial charge in [0, 0.05) is 13.0 Å². The number of hydrogen-bond acceptors (Lipinski definition) is 3. The Morgan fingerprint density at radius 1 is 1.33 bits per heavy atom. The summed E-state index contributed by atoms with van der Waals surface area (Å²) in [6.07, 6.45) is 3.35. The van der Waals surface area contributed by atoms with E-state index in [-0.39, 0.29) is 23.7 Å². The quantitative estimate of drug-likeness (QED) is 0.652. The lowest BCUT2D eigenvalue weighted by atomic mass is 9.96. The van der Waals surface area contributed by atoms with Gasteiger partial charge in [-0.25, -0.2) is 0 Å². The van der Waals surface area contributed by atoms with Crippen molar-refractivity contribution in [2.24, 2.45) is 11.8 Å². The first-order valence-corrected chi connectivity index (χ1v) is 6.38. The summed E-state index contributed by atoms with van der Waals surface area (Å²) in [5, 5.41) is 14.4. The molecule has 1 saturated carbocycles. The average Bonchev–Trinajstić information content (AvgIpc) is 2.94. The number of carboxylic acids is 1. The van der Waals surface area contributed by atoms with E-state index >= 15 is 0 Å². The van der Waals surface area contributed by atoms with Gasteiger partial charge in [0.25, 0.3) is 0 Å². The Labute approximate surface area is 105 Å². The molecule has 0 aromatic carbocycles. The summed E-state index contributed by atoms with van der Waals surface area (Å²) < 4.78 is 0. The molecule has 3 N–H and O–H groups in total. The highest BCUT2D eigenvalue weighted by atomic mass is 16.4. The van der Waals surface area contributed by atoms with Gasteiger partial charge in [-0.05, 0) is 25.2 Å². The SMILES string of the molecule is O=C1CC[C@H](C(=O)NCC2CCCC2C(=O)O)N1. The van der Waals surface area contributed by atoms with Gasteiger partial charge in [0.2, 0.25) is 11.8 Å². The second-order valence-corrected chi connectivity index (χ2v) is 5.04. The highest BCUT2D eigenvalue weighted by Crippen LogP contribution is 2.31. The number of aliphatic carboxylic acids is 1. The molecule has 0 aromatic rings. The van der Waals surface area contributed by atoms with Crippen molar-refractivity contribution < 1.29 is 19.5 Å². The molecule has 1 aliphatic heterocycles. The fraction of sp³-hybridized carbons (Fsp3) is 0.750. The van der Waals surface area contributed by atoms with Gasteiger partial charge in [-0.15, -0.1) is 0 Å². The maximum Gasteiger partial charge on any atom is 0.306 e. The largest absolute Gasteiger partial charge is 0.481 e. The summed E-state index contributed by atoms with van der Waals surface area (Å²) in [4.78, 5) is 33.7. The van der Waals surface area contributed by atoms with Crippen LogP contribution in [0.15, 0.2) is 0 Å². The molecule has 1 saturated heterocycles. The first-order valence-electron chi connectivity index (χ1n) is 6.38. The maximum atomic E-state index is 11.8. The zero-order valence-corrected chi connectivity index (χ0v) is 10.1. The van der Waals surface area contributed by atoms with Crippen molar-refractivity contribution in [3.8, 4) is 0 Å². The third-order valence-corrected chi connectivity index (χ3v) is 3.83. The third-order valence-electron chi connectivity index (χ3n) is 3.83. The van der Waals surface area contributed by atoms with E-state index < -0.39 is 12.0 Å². The summed E-state index contributed by atoms with van der Waals surface area (Å²) in [7, 11) is 0. The number of rotatable bonds is 4. The Bertz CT molecular complexity index is 369. The standard InChI is InChI=1S/C12H18N2O4/c15-10-5-4-9(14-10)11(16)13-6-7-2-1-3-8(7)12(17)18/h7-9H,1-6H2,(H,13,16)(H,14,15)(H,17,18)/t7?,8?,9-/m1/s1. The molecule has 1 heterocycles. The molecule has 3 atom stereocenters. The van der Waals surface area contributed by atoms with E-state index in [4.69, 9.17) is 5.11 Å². The van der Waals surface area contributed by atoms with E-state index in [1.807, 2.05) is 0 Å². The minimum absolute atomic E-state index is 0.0172. The highest BCUT2D eigenvalue weighted by Gasteiger charge is 2.34. The average molecular weight is 254 g/mol. The molecular weight excluding hydrogens is 236 g/mol. The molecule has 2 rings (SSSR count). The van der Waals surface area contributed by atoms with Crippen molar-refractivity contribution in [1.29, 1.82) is 0 Å². The van der Waals surface area contributed by atoms with Crippen LogP contribution in [0.5, 0.6) is 0 Å². The van der Waals surface area contributed by atoms with Gasteiger partial charge in [0.15, 0.2) is 0 Å². The number of hydrogen-bond donors (Lipinski definition) is 3. The Morgan fingerprint density at radius 3 is 2.72 bits per heavy atom. The molecule has 0 spiro atoms. The van der Waals surface area contributed by atoms with Crippen LogP contribution in [0.1, 0.15) is 32.1 Å². The van der Waals surface area contributed by atoms with Gasteiger partial charge in [0.1, 0.15) is 6.04 Å². The Balaban J connectivity index is 1.79. The maximum absolute atomic E-state index is 11.8. The normalized spacial score (nSPS) is 31.1. The molecular formula is C12H18N2O4. The lowest BCUT2D eigenvalue weighted by Gasteiger charge is -2.18. The Hall–Kier alpha value is -1.59. The van der Waals surface area contributed by atoms with E-state index in [0.29, 0.717) is 25.8 Å². The third kappa shape index (κ3) is 2.80. The molecule has 2 amide bonds. The van der Waals surface area contributed by atoms with Gasteiger partial charge >= 0.3 is 5.97 Å². The molecule has 0 radical (unpaired) electrons. The van der Waals surface area contributed by atoms with Gasteiger partial charge in [-0.3, -0.25) is 14.4 Å². The molecule has 2 aliphatic rings. The number of carbonyl (C=O) groups is 3. The predicted octanol–water partition coefficient (Wildman–Crippen LogP) is -0.118. The molecule has 0 aromatic heterocycles. The van der Waals surface area contributed by atoms with Crippen molar-refractivity contribution >= 4 is 17.8 Å².